The molecule has 1 saturated heterocycles. The number of rotatable bonds is 6. The molecular weight excluding hydrogens is 218 g/mol. The van der Waals surface area contributed by atoms with Gasteiger partial charge in [-0.05, 0) is 20.0 Å². The second-order valence-electron chi connectivity index (χ2n) is 4.88. The Morgan fingerprint density at radius 2 is 1.76 bits per heavy atom. The summed E-state index contributed by atoms with van der Waals surface area (Å²) in [5.41, 5.74) is -0.830. The van der Waals surface area contributed by atoms with Crippen LogP contribution < -0.4 is 5.32 Å². The Balaban J connectivity index is 2.49. The maximum Gasteiger partial charge on any atom is 0.324 e. The van der Waals surface area contributed by atoms with Gasteiger partial charge in [0.25, 0.3) is 0 Å². The largest absolute Gasteiger partial charge is 0.480 e. The summed E-state index contributed by atoms with van der Waals surface area (Å²) in [5, 5.41) is 12.4. The van der Waals surface area contributed by atoms with E-state index in [1.165, 1.54) is 0 Å². The van der Waals surface area contributed by atoms with Crippen LogP contribution in [0.15, 0.2) is 0 Å². The van der Waals surface area contributed by atoms with E-state index in [9.17, 15) is 9.90 Å². The number of likely N-dealkylation sites (N-methyl/N-ethyl adjacent to an activating group) is 2. The second kappa shape index (κ2) is 6.33. The minimum atomic E-state index is -0.830. The SMILES string of the molecule is CCNC(C)(CN1CCN(CC)CC1)C(=O)O. The third kappa shape index (κ3) is 3.94. The van der Waals surface area contributed by atoms with Crippen LogP contribution in [-0.2, 0) is 4.79 Å². The van der Waals surface area contributed by atoms with Gasteiger partial charge in [-0.1, -0.05) is 13.8 Å². The predicted molar refractivity (Wildman–Crippen MR) is 68.3 cm³/mol. The van der Waals surface area contributed by atoms with Crippen LogP contribution in [0, 0.1) is 0 Å². The Bertz CT molecular complexity index is 252. The van der Waals surface area contributed by atoms with E-state index in [1.807, 2.05) is 6.92 Å². The van der Waals surface area contributed by atoms with Gasteiger partial charge in [0.1, 0.15) is 5.54 Å². The second-order valence-corrected chi connectivity index (χ2v) is 4.88. The minimum absolute atomic E-state index is 0.577. The number of carbonyl (C=O) groups is 1. The van der Waals surface area contributed by atoms with E-state index in [2.05, 4.69) is 22.0 Å². The van der Waals surface area contributed by atoms with Crippen molar-refractivity contribution in [1.82, 2.24) is 15.1 Å². The average Bonchev–Trinajstić information content (AvgIpc) is 2.30. The molecule has 0 aromatic rings. The molecule has 1 atom stereocenters. The first-order chi connectivity index (χ1) is 8.01. The van der Waals surface area contributed by atoms with Crippen LogP contribution in [0.1, 0.15) is 20.8 Å². The Kier molecular flexibility index (Phi) is 5.36. The number of carboxylic acids is 1. The summed E-state index contributed by atoms with van der Waals surface area (Å²) >= 11 is 0. The lowest BCUT2D eigenvalue weighted by molar-refractivity contribution is -0.145. The van der Waals surface area contributed by atoms with E-state index in [4.69, 9.17) is 0 Å². The van der Waals surface area contributed by atoms with Gasteiger partial charge >= 0.3 is 5.97 Å². The Morgan fingerprint density at radius 1 is 1.24 bits per heavy atom. The Morgan fingerprint density at radius 3 is 2.18 bits per heavy atom. The fourth-order valence-corrected chi connectivity index (χ4v) is 2.30. The van der Waals surface area contributed by atoms with E-state index in [-0.39, 0.29) is 0 Å². The molecule has 1 aliphatic heterocycles. The Labute approximate surface area is 104 Å². The van der Waals surface area contributed by atoms with E-state index >= 15 is 0 Å². The maximum atomic E-state index is 11.3. The third-order valence-electron chi connectivity index (χ3n) is 3.49. The van der Waals surface area contributed by atoms with E-state index in [0.717, 1.165) is 32.7 Å². The van der Waals surface area contributed by atoms with Gasteiger partial charge in [-0.2, -0.15) is 0 Å². The fourth-order valence-electron chi connectivity index (χ4n) is 2.30. The van der Waals surface area contributed by atoms with Crippen molar-refractivity contribution < 1.29 is 9.90 Å². The van der Waals surface area contributed by atoms with Crippen molar-refractivity contribution in [3.05, 3.63) is 0 Å². The van der Waals surface area contributed by atoms with Crippen LogP contribution in [0.4, 0.5) is 0 Å². The molecule has 1 fully saturated rings. The molecule has 1 heterocycles. The van der Waals surface area contributed by atoms with Crippen LogP contribution >= 0.6 is 0 Å². The molecule has 17 heavy (non-hydrogen) atoms. The number of nitrogens with zero attached hydrogens (tertiary/aromatic N) is 2. The Hall–Kier alpha value is -0.650. The highest BCUT2D eigenvalue weighted by Gasteiger charge is 2.34. The molecule has 100 valence electrons. The van der Waals surface area contributed by atoms with Crippen molar-refractivity contribution in [2.24, 2.45) is 0 Å². The molecule has 0 amide bonds. The highest BCUT2D eigenvalue weighted by molar-refractivity contribution is 5.78. The van der Waals surface area contributed by atoms with Crippen LogP contribution in [0.25, 0.3) is 0 Å². The zero-order chi connectivity index (χ0) is 12.9. The summed E-state index contributed by atoms with van der Waals surface area (Å²) in [7, 11) is 0. The minimum Gasteiger partial charge on any atom is -0.480 e. The van der Waals surface area contributed by atoms with Crippen LogP contribution in [0.2, 0.25) is 0 Å². The molecule has 0 aromatic carbocycles. The monoisotopic (exact) mass is 243 g/mol. The molecule has 1 aliphatic rings. The van der Waals surface area contributed by atoms with E-state index in [1.54, 1.807) is 6.92 Å². The fraction of sp³-hybridized carbons (Fsp3) is 0.917. The van der Waals surface area contributed by atoms with Crippen molar-refractivity contribution in [1.29, 1.82) is 0 Å². The molecule has 5 nitrogen and oxygen atoms in total. The van der Waals surface area contributed by atoms with Gasteiger partial charge in [-0.3, -0.25) is 9.69 Å². The highest BCUT2D eigenvalue weighted by atomic mass is 16.4. The molecule has 0 bridgehead atoms. The van der Waals surface area contributed by atoms with E-state index in [0.29, 0.717) is 13.1 Å². The van der Waals surface area contributed by atoms with Gasteiger partial charge in [0.15, 0.2) is 0 Å². The predicted octanol–water partition coefficient (Wildman–Crippen LogP) is 0.0767. The summed E-state index contributed by atoms with van der Waals surface area (Å²) in [6, 6.07) is 0. The quantitative estimate of drug-likeness (QED) is 0.692. The molecule has 0 aromatic heterocycles. The van der Waals surface area contributed by atoms with Crippen molar-refractivity contribution >= 4 is 5.97 Å². The van der Waals surface area contributed by atoms with Gasteiger partial charge in [-0.25, -0.2) is 0 Å². The molecule has 0 aliphatic carbocycles. The van der Waals surface area contributed by atoms with Crippen molar-refractivity contribution in [2.75, 3.05) is 45.8 Å². The molecule has 0 spiro atoms. The van der Waals surface area contributed by atoms with E-state index < -0.39 is 11.5 Å². The summed E-state index contributed by atoms with van der Waals surface area (Å²) in [6.45, 7) is 12.2. The zero-order valence-corrected chi connectivity index (χ0v) is 11.2. The zero-order valence-electron chi connectivity index (χ0n) is 11.2. The maximum absolute atomic E-state index is 11.3. The molecule has 0 saturated carbocycles. The van der Waals surface area contributed by atoms with Crippen molar-refractivity contribution in [2.45, 2.75) is 26.3 Å². The lowest BCUT2D eigenvalue weighted by Gasteiger charge is -2.38. The van der Waals surface area contributed by atoms with Crippen LogP contribution in [-0.4, -0.2) is 72.2 Å². The first-order valence-corrected chi connectivity index (χ1v) is 6.45. The first kappa shape index (κ1) is 14.4. The number of hydrogen-bond acceptors (Lipinski definition) is 4. The summed E-state index contributed by atoms with van der Waals surface area (Å²) in [4.78, 5) is 15.9. The molecule has 0 radical (unpaired) electrons. The number of piperazine rings is 1. The average molecular weight is 243 g/mol. The normalized spacial score (nSPS) is 22.3. The van der Waals surface area contributed by atoms with Crippen LogP contribution in [0.5, 0.6) is 0 Å². The van der Waals surface area contributed by atoms with Gasteiger partial charge < -0.3 is 15.3 Å². The summed E-state index contributed by atoms with van der Waals surface area (Å²) in [6.07, 6.45) is 0. The third-order valence-corrected chi connectivity index (χ3v) is 3.49. The number of hydrogen-bond donors (Lipinski definition) is 2. The standard InChI is InChI=1S/C12H25N3O2/c1-4-13-12(3,11(16)17)10-15-8-6-14(5-2)7-9-15/h13H,4-10H2,1-3H3,(H,16,17). The molecule has 2 N–H and O–H groups in total. The number of aliphatic carboxylic acids is 1. The lowest BCUT2D eigenvalue weighted by atomic mass is 10.0. The number of carboxylic acid groups (broad SMARTS) is 1. The molecule has 1 unspecified atom stereocenters. The highest BCUT2D eigenvalue weighted by Crippen LogP contribution is 2.10. The van der Waals surface area contributed by atoms with Crippen molar-refractivity contribution in [3.63, 3.8) is 0 Å². The first-order valence-electron chi connectivity index (χ1n) is 6.45. The van der Waals surface area contributed by atoms with Crippen molar-refractivity contribution in [3.8, 4) is 0 Å². The number of nitrogens with one attached hydrogen (secondary N) is 1. The summed E-state index contributed by atoms with van der Waals surface area (Å²) in [5.74, 6) is -0.766. The van der Waals surface area contributed by atoms with Crippen LogP contribution in [0.3, 0.4) is 0 Å². The van der Waals surface area contributed by atoms with Gasteiger partial charge in [0.2, 0.25) is 0 Å². The topological polar surface area (TPSA) is 55.8 Å². The van der Waals surface area contributed by atoms with Gasteiger partial charge in [0.05, 0.1) is 0 Å². The molecule has 1 rings (SSSR count). The summed E-state index contributed by atoms with van der Waals surface area (Å²) < 4.78 is 0. The van der Waals surface area contributed by atoms with Gasteiger partial charge in [-0.15, -0.1) is 0 Å². The van der Waals surface area contributed by atoms with Gasteiger partial charge in [0, 0.05) is 32.7 Å². The smallest absolute Gasteiger partial charge is 0.324 e. The molecular formula is C12H25N3O2. The molecule has 5 heteroatoms. The lowest BCUT2D eigenvalue weighted by Crippen LogP contribution is -2.59.